The highest BCUT2D eigenvalue weighted by molar-refractivity contribution is 7.89. The van der Waals surface area contributed by atoms with E-state index in [0.29, 0.717) is 6.54 Å². The normalized spacial score (nSPS) is 14.4. The molecule has 0 spiro atoms. The fourth-order valence-corrected chi connectivity index (χ4v) is 2.88. The van der Waals surface area contributed by atoms with Crippen molar-refractivity contribution in [3.05, 3.63) is 29.8 Å². The van der Waals surface area contributed by atoms with Crippen LogP contribution in [0.3, 0.4) is 0 Å². The van der Waals surface area contributed by atoms with Crippen LogP contribution in [-0.4, -0.2) is 44.6 Å². The van der Waals surface area contributed by atoms with Gasteiger partial charge >= 0.3 is 0 Å². The molecule has 5 nitrogen and oxygen atoms in total. The summed E-state index contributed by atoms with van der Waals surface area (Å²) in [4.78, 5) is 0.281. The van der Waals surface area contributed by atoms with Crippen LogP contribution in [0.25, 0.3) is 0 Å². The van der Waals surface area contributed by atoms with Crippen LogP contribution >= 0.6 is 0 Å². The quantitative estimate of drug-likeness (QED) is 0.833. The van der Waals surface area contributed by atoms with Gasteiger partial charge in [0.2, 0.25) is 10.0 Å². The number of hydrogen-bond donors (Lipinski definition) is 2. The minimum Gasteiger partial charge on any atom is -0.395 e. The van der Waals surface area contributed by atoms with Crippen molar-refractivity contribution < 1.29 is 13.5 Å². The summed E-state index contributed by atoms with van der Waals surface area (Å²) in [5.41, 5.74) is 0.808. The van der Waals surface area contributed by atoms with Crippen molar-refractivity contribution >= 4 is 10.0 Å². The zero-order chi connectivity index (χ0) is 16.3. The molecule has 0 saturated heterocycles. The molecular formula is C15H26N2O3S. The molecule has 1 rings (SSSR count). The second-order valence-corrected chi connectivity index (χ2v) is 8.57. The van der Waals surface area contributed by atoms with Crippen LogP contribution in [0.4, 0.5) is 0 Å². The van der Waals surface area contributed by atoms with E-state index in [4.69, 9.17) is 0 Å². The molecule has 1 unspecified atom stereocenters. The predicted molar refractivity (Wildman–Crippen MR) is 84.5 cm³/mol. The number of aliphatic hydroxyl groups is 1. The molecule has 120 valence electrons. The van der Waals surface area contributed by atoms with Gasteiger partial charge in [-0.2, -0.15) is 0 Å². The Bertz CT molecular complexity index is 563. The lowest BCUT2D eigenvalue weighted by atomic mass is 9.87. The molecule has 0 heterocycles. The van der Waals surface area contributed by atoms with E-state index in [9.17, 15) is 13.5 Å². The van der Waals surface area contributed by atoms with Gasteiger partial charge in [-0.1, -0.05) is 32.9 Å². The van der Waals surface area contributed by atoms with E-state index in [1.807, 2.05) is 26.8 Å². The largest absolute Gasteiger partial charge is 0.395 e. The van der Waals surface area contributed by atoms with E-state index in [1.54, 1.807) is 18.2 Å². The van der Waals surface area contributed by atoms with Gasteiger partial charge in [-0.15, -0.1) is 0 Å². The van der Waals surface area contributed by atoms with Crippen molar-refractivity contribution in [3.63, 3.8) is 0 Å². The lowest BCUT2D eigenvalue weighted by Gasteiger charge is -2.30. The van der Waals surface area contributed by atoms with Gasteiger partial charge in [0.25, 0.3) is 0 Å². The van der Waals surface area contributed by atoms with Crippen molar-refractivity contribution in [1.82, 2.24) is 9.62 Å². The third-order valence-corrected chi connectivity index (χ3v) is 5.27. The van der Waals surface area contributed by atoms with Crippen molar-refractivity contribution in [2.75, 3.05) is 20.7 Å². The van der Waals surface area contributed by atoms with Gasteiger partial charge in [0.05, 0.1) is 11.5 Å². The fourth-order valence-electron chi connectivity index (χ4n) is 1.91. The van der Waals surface area contributed by atoms with Gasteiger partial charge < -0.3 is 10.4 Å². The molecule has 1 atom stereocenters. The Hall–Kier alpha value is -0.950. The third kappa shape index (κ3) is 4.78. The van der Waals surface area contributed by atoms with Crippen molar-refractivity contribution in [2.45, 2.75) is 38.3 Å². The number of aliphatic hydroxyl groups excluding tert-OH is 1. The summed E-state index contributed by atoms with van der Waals surface area (Å²) in [7, 11) is -0.385. The number of rotatable bonds is 6. The van der Waals surface area contributed by atoms with Gasteiger partial charge in [-0.3, -0.25) is 0 Å². The summed E-state index contributed by atoms with van der Waals surface area (Å²) < 4.78 is 25.4. The van der Waals surface area contributed by atoms with Crippen LogP contribution in [-0.2, 0) is 16.6 Å². The molecule has 1 aromatic carbocycles. The summed E-state index contributed by atoms with van der Waals surface area (Å²) in [6.07, 6.45) is 0. The van der Waals surface area contributed by atoms with E-state index < -0.39 is 10.0 Å². The molecule has 0 radical (unpaired) electrons. The van der Waals surface area contributed by atoms with E-state index in [1.165, 1.54) is 18.4 Å². The Kier molecular flexibility index (Phi) is 5.92. The zero-order valence-corrected chi connectivity index (χ0v) is 14.2. The van der Waals surface area contributed by atoms with Crippen molar-refractivity contribution in [3.8, 4) is 0 Å². The molecule has 0 amide bonds. The molecule has 0 fully saturated rings. The smallest absolute Gasteiger partial charge is 0.242 e. The van der Waals surface area contributed by atoms with Crippen LogP contribution in [0.2, 0.25) is 0 Å². The molecule has 0 aliphatic carbocycles. The number of sulfonamides is 1. The summed E-state index contributed by atoms with van der Waals surface area (Å²) >= 11 is 0. The highest BCUT2D eigenvalue weighted by Gasteiger charge is 2.23. The van der Waals surface area contributed by atoms with Crippen LogP contribution in [0, 0.1) is 5.41 Å². The van der Waals surface area contributed by atoms with Crippen LogP contribution < -0.4 is 5.32 Å². The molecule has 1 aromatic rings. The number of hydrogen-bond acceptors (Lipinski definition) is 4. The lowest BCUT2D eigenvalue weighted by molar-refractivity contribution is 0.158. The van der Waals surface area contributed by atoms with E-state index in [-0.39, 0.29) is 23.0 Å². The fraction of sp³-hybridized carbons (Fsp3) is 0.600. The lowest BCUT2D eigenvalue weighted by Crippen LogP contribution is -2.42. The molecule has 0 saturated carbocycles. The van der Waals surface area contributed by atoms with Crippen molar-refractivity contribution in [2.24, 2.45) is 5.41 Å². The Morgan fingerprint density at radius 3 is 2.38 bits per heavy atom. The first-order chi connectivity index (χ1) is 9.59. The highest BCUT2D eigenvalue weighted by Crippen LogP contribution is 2.20. The monoisotopic (exact) mass is 314 g/mol. The first kappa shape index (κ1) is 18.1. The average Bonchev–Trinajstić information content (AvgIpc) is 2.38. The Balaban J connectivity index is 2.88. The van der Waals surface area contributed by atoms with Gasteiger partial charge in [0.1, 0.15) is 0 Å². The third-order valence-electron chi connectivity index (χ3n) is 3.46. The number of benzene rings is 1. The summed E-state index contributed by atoms with van der Waals surface area (Å²) in [5.74, 6) is 0. The average molecular weight is 314 g/mol. The van der Waals surface area contributed by atoms with Gasteiger partial charge in [-0.05, 0) is 23.1 Å². The standard InChI is InChI=1S/C15H26N2O3S/c1-15(2,3)14(11-18)16-10-12-7-6-8-13(9-12)21(19,20)17(4)5/h6-9,14,16,18H,10-11H2,1-5H3. The second-order valence-electron chi connectivity index (χ2n) is 6.42. The molecule has 0 aliphatic heterocycles. The maximum absolute atomic E-state index is 12.1. The van der Waals surface area contributed by atoms with Gasteiger partial charge in [0.15, 0.2) is 0 Å². The zero-order valence-electron chi connectivity index (χ0n) is 13.4. The molecule has 0 aromatic heterocycles. The van der Waals surface area contributed by atoms with E-state index in [0.717, 1.165) is 5.56 Å². The summed E-state index contributed by atoms with van der Waals surface area (Å²) in [5, 5.41) is 12.7. The predicted octanol–water partition coefficient (Wildman–Crippen LogP) is 1.43. The first-order valence-corrected chi connectivity index (χ1v) is 8.38. The van der Waals surface area contributed by atoms with Gasteiger partial charge in [0, 0.05) is 26.7 Å². The Morgan fingerprint density at radius 2 is 1.90 bits per heavy atom. The summed E-state index contributed by atoms with van der Waals surface area (Å²) in [6.45, 7) is 6.70. The van der Waals surface area contributed by atoms with Crippen LogP contribution in [0.15, 0.2) is 29.2 Å². The van der Waals surface area contributed by atoms with E-state index in [2.05, 4.69) is 5.32 Å². The topological polar surface area (TPSA) is 69.6 Å². The Morgan fingerprint density at radius 1 is 1.29 bits per heavy atom. The van der Waals surface area contributed by atoms with Crippen LogP contribution in [0.1, 0.15) is 26.3 Å². The molecule has 2 N–H and O–H groups in total. The molecule has 0 bridgehead atoms. The maximum atomic E-state index is 12.1. The Labute approximate surface area is 128 Å². The maximum Gasteiger partial charge on any atom is 0.242 e. The van der Waals surface area contributed by atoms with Crippen molar-refractivity contribution in [1.29, 1.82) is 0 Å². The number of nitrogens with one attached hydrogen (secondary N) is 1. The second kappa shape index (κ2) is 6.87. The van der Waals surface area contributed by atoms with E-state index >= 15 is 0 Å². The van der Waals surface area contributed by atoms with Gasteiger partial charge in [-0.25, -0.2) is 12.7 Å². The molecule has 21 heavy (non-hydrogen) atoms. The minimum atomic E-state index is -3.42. The highest BCUT2D eigenvalue weighted by atomic mass is 32.2. The molecule has 6 heteroatoms. The number of nitrogens with zero attached hydrogens (tertiary/aromatic N) is 1. The summed E-state index contributed by atoms with van der Waals surface area (Å²) in [6, 6.07) is 6.81. The SMILES string of the molecule is CN(C)S(=O)(=O)c1cccc(CNC(CO)C(C)(C)C)c1. The molecule has 0 aliphatic rings. The minimum absolute atomic E-state index is 0.0409. The molecular weight excluding hydrogens is 288 g/mol. The van der Waals surface area contributed by atoms with Crippen LogP contribution in [0.5, 0.6) is 0 Å². The first-order valence-electron chi connectivity index (χ1n) is 6.94.